The maximum atomic E-state index is 12.1. The molecular weight excluding hydrogens is 248 g/mol. The number of carbonyl (C=O) groups is 3. The summed E-state index contributed by atoms with van der Waals surface area (Å²) in [6.07, 6.45) is 0. The zero-order valence-electron chi connectivity index (χ0n) is 10.5. The molecule has 0 spiro atoms. The minimum Gasteiger partial charge on any atom is -0.465 e. The number of hydrogen-bond acceptors (Lipinski definition) is 4. The Morgan fingerprint density at radius 2 is 1.95 bits per heavy atom. The molecule has 1 aromatic rings. The molecule has 6 heteroatoms. The van der Waals surface area contributed by atoms with E-state index in [1.807, 2.05) is 0 Å². The van der Waals surface area contributed by atoms with Crippen LogP contribution < -0.4 is 4.90 Å². The highest BCUT2D eigenvalue weighted by Gasteiger charge is 2.38. The van der Waals surface area contributed by atoms with Crippen LogP contribution in [-0.4, -0.2) is 42.5 Å². The van der Waals surface area contributed by atoms with E-state index >= 15 is 0 Å². The van der Waals surface area contributed by atoms with Crippen LogP contribution in [0.2, 0.25) is 0 Å². The second-order valence-electron chi connectivity index (χ2n) is 4.01. The van der Waals surface area contributed by atoms with Crippen LogP contribution in [0.4, 0.5) is 10.5 Å². The Labute approximate surface area is 110 Å². The van der Waals surface area contributed by atoms with Gasteiger partial charge in [0.05, 0.1) is 12.3 Å². The predicted molar refractivity (Wildman–Crippen MR) is 67.5 cm³/mol. The summed E-state index contributed by atoms with van der Waals surface area (Å²) in [5.41, 5.74) is 0.504. The van der Waals surface area contributed by atoms with Crippen LogP contribution in [0.25, 0.3) is 0 Å². The van der Waals surface area contributed by atoms with Gasteiger partial charge >= 0.3 is 12.0 Å². The van der Waals surface area contributed by atoms with E-state index < -0.39 is 12.0 Å². The molecule has 0 N–H and O–H groups in total. The quantitative estimate of drug-likeness (QED) is 0.600. The van der Waals surface area contributed by atoms with Crippen LogP contribution in [0.5, 0.6) is 0 Å². The first-order chi connectivity index (χ1) is 9.13. The van der Waals surface area contributed by atoms with Crippen molar-refractivity contribution in [1.82, 2.24) is 4.90 Å². The molecule has 1 saturated heterocycles. The zero-order chi connectivity index (χ0) is 13.8. The van der Waals surface area contributed by atoms with Crippen LogP contribution in [-0.2, 0) is 14.3 Å². The topological polar surface area (TPSA) is 66.9 Å². The van der Waals surface area contributed by atoms with Gasteiger partial charge in [-0.2, -0.15) is 0 Å². The van der Waals surface area contributed by atoms with Gasteiger partial charge in [0.25, 0.3) is 5.91 Å². The van der Waals surface area contributed by atoms with E-state index in [0.29, 0.717) is 5.69 Å². The smallest absolute Gasteiger partial charge is 0.332 e. The molecule has 0 unspecified atom stereocenters. The second kappa shape index (κ2) is 5.51. The van der Waals surface area contributed by atoms with Crippen molar-refractivity contribution in [3.05, 3.63) is 30.3 Å². The molecule has 0 bridgehead atoms. The van der Waals surface area contributed by atoms with Gasteiger partial charge in [-0.3, -0.25) is 9.59 Å². The van der Waals surface area contributed by atoms with Crippen LogP contribution in [0.3, 0.4) is 0 Å². The molecule has 19 heavy (non-hydrogen) atoms. The Morgan fingerprint density at radius 1 is 1.26 bits per heavy atom. The average molecular weight is 262 g/mol. The summed E-state index contributed by atoms with van der Waals surface area (Å²) in [5.74, 6) is -0.862. The number of carbonyl (C=O) groups excluding carboxylic acids is 3. The molecule has 1 aromatic carbocycles. The van der Waals surface area contributed by atoms with Crippen molar-refractivity contribution in [2.75, 3.05) is 24.6 Å². The molecule has 0 radical (unpaired) electrons. The molecule has 3 amide bonds. The summed E-state index contributed by atoms with van der Waals surface area (Å²) in [4.78, 5) is 37.5. The van der Waals surface area contributed by atoms with Gasteiger partial charge in [0, 0.05) is 0 Å². The monoisotopic (exact) mass is 262 g/mol. The van der Waals surface area contributed by atoms with E-state index in [0.717, 1.165) is 4.90 Å². The third-order valence-corrected chi connectivity index (χ3v) is 2.68. The minimum atomic E-state index is -0.515. The molecule has 1 aliphatic heterocycles. The van der Waals surface area contributed by atoms with Gasteiger partial charge in [-0.1, -0.05) is 18.2 Å². The van der Waals surface area contributed by atoms with Gasteiger partial charge in [-0.15, -0.1) is 0 Å². The number of nitrogens with zero attached hydrogens (tertiary/aromatic N) is 2. The van der Waals surface area contributed by atoms with E-state index in [-0.39, 0.29) is 25.6 Å². The highest BCUT2D eigenvalue weighted by atomic mass is 16.5. The van der Waals surface area contributed by atoms with Gasteiger partial charge < -0.3 is 9.64 Å². The highest BCUT2D eigenvalue weighted by molar-refractivity contribution is 6.20. The highest BCUT2D eigenvalue weighted by Crippen LogP contribution is 2.20. The van der Waals surface area contributed by atoms with E-state index in [1.54, 1.807) is 37.3 Å². The normalized spacial score (nSPS) is 15.0. The third kappa shape index (κ3) is 2.73. The van der Waals surface area contributed by atoms with Gasteiger partial charge in [-0.05, 0) is 19.1 Å². The Kier molecular flexibility index (Phi) is 3.79. The first kappa shape index (κ1) is 13.1. The lowest BCUT2D eigenvalue weighted by molar-refractivity contribution is -0.143. The van der Waals surface area contributed by atoms with Crippen molar-refractivity contribution < 1.29 is 19.1 Å². The summed E-state index contributed by atoms with van der Waals surface area (Å²) in [6, 6.07) is 8.12. The first-order valence-corrected chi connectivity index (χ1v) is 5.96. The number of urea groups is 1. The fourth-order valence-corrected chi connectivity index (χ4v) is 1.87. The number of rotatable bonds is 4. The van der Waals surface area contributed by atoms with E-state index in [1.165, 1.54) is 4.90 Å². The lowest BCUT2D eigenvalue weighted by atomic mass is 10.3. The third-order valence-electron chi connectivity index (χ3n) is 2.68. The van der Waals surface area contributed by atoms with Gasteiger partial charge in [0.2, 0.25) is 0 Å². The minimum absolute atomic E-state index is 0.105. The summed E-state index contributed by atoms with van der Waals surface area (Å²) < 4.78 is 4.77. The van der Waals surface area contributed by atoms with Crippen molar-refractivity contribution in [3.63, 3.8) is 0 Å². The van der Waals surface area contributed by atoms with Gasteiger partial charge in [-0.25, -0.2) is 9.69 Å². The molecule has 0 aliphatic carbocycles. The maximum absolute atomic E-state index is 12.1. The van der Waals surface area contributed by atoms with Crippen molar-refractivity contribution in [2.24, 2.45) is 0 Å². The van der Waals surface area contributed by atoms with Gasteiger partial charge in [0.15, 0.2) is 0 Å². The van der Waals surface area contributed by atoms with Crippen LogP contribution in [0, 0.1) is 0 Å². The molecule has 2 rings (SSSR count). The fraction of sp³-hybridized carbons (Fsp3) is 0.308. The summed E-state index contributed by atoms with van der Waals surface area (Å²) >= 11 is 0. The maximum Gasteiger partial charge on any atom is 0.332 e. The molecule has 1 aliphatic rings. The number of para-hydroxylation sites is 1. The van der Waals surface area contributed by atoms with Crippen LogP contribution in [0.1, 0.15) is 6.92 Å². The van der Waals surface area contributed by atoms with Crippen molar-refractivity contribution >= 4 is 23.6 Å². The van der Waals surface area contributed by atoms with Crippen LogP contribution >= 0.6 is 0 Å². The molecule has 100 valence electrons. The Morgan fingerprint density at radius 3 is 2.58 bits per heavy atom. The first-order valence-electron chi connectivity index (χ1n) is 5.96. The van der Waals surface area contributed by atoms with E-state index in [2.05, 4.69) is 0 Å². The van der Waals surface area contributed by atoms with Crippen molar-refractivity contribution in [2.45, 2.75) is 6.92 Å². The number of amides is 3. The molecule has 1 heterocycles. The zero-order valence-corrected chi connectivity index (χ0v) is 10.5. The predicted octanol–water partition coefficient (Wildman–Crippen LogP) is 1.02. The molecular formula is C13H14N2O4. The second-order valence-corrected chi connectivity index (χ2v) is 4.01. The van der Waals surface area contributed by atoms with E-state index in [9.17, 15) is 14.4 Å². The van der Waals surface area contributed by atoms with Crippen molar-refractivity contribution in [3.8, 4) is 0 Å². The summed E-state index contributed by atoms with van der Waals surface area (Å²) in [5, 5.41) is 0. The standard InChI is InChI=1S/C13H14N2O4/c1-2-19-12(17)9-14-8-11(16)15(13(14)18)10-6-4-3-5-7-10/h3-7H,2,8-9H2,1H3. The molecule has 0 aromatic heterocycles. The lowest BCUT2D eigenvalue weighted by Crippen LogP contribution is -2.36. The largest absolute Gasteiger partial charge is 0.465 e. The molecule has 0 atom stereocenters. The number of esters is 1. The van der Waals surface area contributed by atoms with Crippen molar-refractivity contribution in [1.29, 1.82) is 0 Å². The summed E-state index contributed by atoms with van der Waals surface area (Å²) in [6.45, 7) is 1.62. The number of ether oxygens (including phenoxy) is 1. The lowest BCUT2D eigenvalue weighted by Gasteiger charge is -2.16. The molecule has 1 fully saturated rings. The Balaban J connectivity index is 2.11. The number of hydrogen-bond donors (Lipinski definition) is 0. The summed E-state index contributed by atoms with van der Waals surface area (Å²) in [7, 11) is 0. The molecule has 0 saturated carbocycles. The Bertz CT molecular complexity index is 501. The molecule has 6 nitrogen and oxygen atoms in total. The average Bonchev–Trinajstić information content (AvgIpc) is 2.66. The fourth-order valence-electron chi connectivity index (χ4n) is 1.87. The van der Waals surface area contributed by atoms with Crippen LogP contribution in [0.15, 0.2) is 30.3 Å². The van der Waals surface area contributed by atoms with Gasteiger partial charge in [0.1, 0.15) is 13.1 Å². The Hall–Kier alpha value is -2.37. The SMILES string of the molecule is CCOC(=O)CN1CC(=O)N(c2ccccc2)C1=O. The number of benzene rings is 1. The number of anilines is 1. The van der Waals surface area contributed by atoms with E-state index in [4.69, 9.17) is 4.74 Å². The number of imide groups is 1.